The van der Waals surface area contributed by atoms with E-state index in [9.17, 15) is 28.6 Å². The van der Waals surface area contributed by atoms with Crippen LogP contribution in [-0.4, -0.2) is 19.2 Å². The number of hydrogen-bond donors (Lipinski definition) is 1. The van der Waals surface area contributed by atoms with E-state index in [0.29, 0.717) is 11.3 Å². The van der Waals surface area contributed by atoms with E-state index in [1.807, 2.05) is 0 Å². The molecule has 1 N–H and O–H groups in total. The van der Waals surface area contributed by atoms with Crippen LogP contribution in [-0.2, 0) is 21.5 Å². The SMILES string of the molecule is N#C/C(=C\c1ccc(OS(=O)(=O)c2ccccc2[N+](=O)[O-])cc1)C(=O)NCc1ccco1. The van der Waals surface area contributed by atoms with Crippen LogP contribution in [0, 0.1) is 21.4 Å². The standard InChI is InChI=1S/C21H15N3O7S/c22-13-16(21(25)23-14-18-4-3-11-30-18)12-15-7-9-17(10-8-15)31-32(28,29)20-6-2-1-5-19(20)24(26)27/h1-12H,14H2,(H,23,25)/b16-12+. The molecule has 0 saturated heterocycles. The number of benzene rings is 2. The molecule has 3 aromatic rings. The Hall–Kier alpha value is -4.43. The van der Waals surface area contributed by atoms with Crippen molar-refractivity contribution in [1.82, 2.24) is 5.32 Å². The maximum Gasteiger partial charge on any atom is 0.346 e. The highest BCUT2D eigenvalue weighted by atomic mass is 32.2. The smallest absolute Gasteiger partial charge is 0.346 e. The molecule has 0 radical (unpaired) electrons. The van der Waals surface area contributed by atoms with Gasteiger partial charge in [-0.3, -0.25) is 14.9 Å². The second-order valence-corrected chi connectivity index (χ2v) is 7.78. The number of nitro benzene ring substituents is 1. The molecular weight excluding hydrogens is 438 g/mol. The van der Waals surface area contributed by atoms with Gasteiger partial charge in [0, 0.05) is 6.07 Å². The maximum atomic E-state index is 12.5. The summed E-state index contributed by atoms with van der Waals surface area (Å²) in [5.41, 5.74) is -0.339. The van der Waals surface area contributed by atoms with Crippen molar-refractivity contribution >= 4 is 27.8 Å². The van der Waals surface area contributed by atoms with Crippen molar-refractivity contribution < 1.29 is 26.7 Å². The summed E-state index contributed by atoms with van der Waals surface area (Å²) in [7, 11) is -4.45. The highest BCUT2D eigenvalue weighted by Gasteiger charge is 2.27. The second-order valence-electron chi connectivity index (χ2n) is 6.26. The second kappa shape index (κ2) is 9.59. The monoisotopic (exact) mass is 453 g/mol. The largest absolute Gasteiger partial charge is 0.467 e. The summed E-state index contributed by atoms with van der Waals surface area (Å²) in [4.78, 5) is 21.9. The molecule has 3 rings (SSSR count). The summed E-state index contributed by atoms with van der Waals surface area (Å²) in [5, 5.41) is 22.9. The van der Waals surface area contributed by atoms with Crippen LogP contribution in [0.5, 0.6) is 5.75 Å². The molecule has 0 fully saturated rings. The number of carbonyl (C=O) groups is 1. The van der Waals surface area contributed by atoms with Gasteiger partial charge in [0.1, 0.15) is 23.2 Å². The van der Waals surface area contributed by atoms with Gasteiger partial charge in [0.25, 0.3) is 11.6 Å². The van der Waals surface area contributed by atoms with Crippen molar-refractivity contribution in [3.63, 3.8) is 0 Å². The van der Waals surface area contributed by atoms with Gasteiger partial charge in [-0.05, 0) is 42.0 Å². The molecule has 2 aromatic carbocycles. The number of carbonyl (C=O) groups excluding carboxylic acids is 1. The molecule has 0 aliphatic rings. The molecule has 1 amide bonds. The predicted octanol–water partition coefficient (Wildman–Crippen LogP) is 3.18. The first-order chi connectivity index (χ1) is 15.3. The summed E-state index contributed by atoms with van der Waals surface area (Å²) in [6.07, 6.45) is 2.78. The quantitative estimate of drug-likeness (QED) is 0.179. The van der Waals surface area contributed by atoms with Gasteiger partial charge in [-0.25, -0.2) is 0 Å². The molecule has 1 aromatic heterocycles. The van der Waals surface area contributed by atoms with Gasteiger partial charge < -0.3 is 13.9 Å². The fourth-order valence-electron chi connectivity index (χ4n) is 2.60. The summed E-state index contributed by atoms with van der Waals surface area (Å²) in [6.45, 7) is 0.112. The lowest BCUT2D eigenvalue weighted by Gasteiger charge is -2.08. The molecule has 11 heteroatoms. The van der Waals surface area contributed by atoms with Crippen molar-refractivity contribution in [3.8, 4) is 11.8 Å². The molecule has 0 atom stereocenters. The third-order valence-corrected chi connectivity index (χ3v) is 5.39. The van der Waals surface area contributed by atoms with Crippen LogP contribution in [0.15, 0.2) is 81.8 Å². The number of rotatable bonds is 8. The lowest BCUT2D eigenvalue weighted by atomic mass is 10.1. The van der Waals surface area contributed by atoms with Crippen LogP contribution in [0.2, 0.25) is 0 Å². The number of nitrogens with zero attached hydrogens (tertiary/aromatic N) is 2. The molecular formula is C21H15N3O7S. The van der Waals surface area contributed by atoms with Crippen molar-refractivity contribution in [2.24, 2.45) is 0 Å². The number of nitriles is 1. The molecule has 0 aliphatic heterocycles. The summed E-state index contributed by atoms with van der Waals surface area (Å²) >= 11 is 0. The Labute approximate surface area is 182 Å². The van der Waals surface area contributed by atoms with Gasteiger partial charge in [-0.1, -0.05) is 24.3 Å². The average molecular weight is 453 g/mol. The van der Waals surface area contributed by atoms with Crippen LogP contribution in [0.4, 0.5) is 5.69 Å². The lowest BCUT2D eigenvalue weighted by Crippen LogP contribution is -2.23. The van der Waals surface area contributed by atoms with E-state index in [0.717, 1.165) is 12.1 Å². The minimum absolute atomic E-state index is 0.0962. The van der Waals surface area contributed by atoms with E-state index in [2.05, 4.69) is 5.32 Å². The van der Waals surface area contributed by atoms with E-state index in [-0.39, 0.29) is 17.9 Å². The molecule has 32 heavy (non-hydrogen) atoms. The van der Waals surface area contributed by atoms with Crippen LogP contribution < -0.4 is 9.50 Å². The molecule has 0 bridgehead atoms. The number of amides is 1. The maximum absolute atomic E-state index is 12.5. The first-order valence-corrected chi connectivity index (χ1v) is 10.4. The highest BCUT2D eigenvalue weighted by Crippen LogP contribution is 2.26. The van der Waals surface area contributed by atoms with Crippen molar-refractivity contribution in [2.75, 3.05) is 0 Å². The third kappa shape index (κ3) is 5.38. The predicted molar refractivity (Wildman–Crippen MR) is 111 cm³/mol. The van der Waals surface area contributed by atoms with Gasteiger partial charge in [0.05, 0.1) is 17.7 Å². The van der Waals surface area contributed by atoms with Gasteiger partial charge >= 0.3 is 10.1 Å². The highest BCUT2D eigenvalue weighted by molar-refractivity contribution is 7.87. The first kappa shape index (κ1) is 22.3. The fourth-order valence-corrected chi connectivity index (χ4v) is 3.70. The van der Waals surface area contributed by atoms with E-state index >= 15 is 0 Å². The Kier molecular flexibility index (Phi) is 6.67. The molecule has 0 aliphatic carbocycles. The zero-order valence-corrected chi connectivity index (χ0v) is 17.1. The van der Waals surface area contributed by atoms with E-state index in [4.69, 9.17) is 8.60 Å². The van der Waals surface area contributed by atoms with Gasteiger partial charge in [0.2, 0.25) is 0 Å². The number of nitrogens with one attached hydrogen (secondary N) is 1. The molecule has 0 unspecified atom stereocenters. The normalized spacial score (nSPS) is 11.4. The first-order valence-electron chi connectivity index (χ1n) is 9.00. The van der Waals surface area contributed by atoms with Crippen LogP contribution >= 0.6 is 0 Å². The number of para-hydroxylation sites is 1. The Morgan fingerprint density at radius 3 is 2.50 bits per heavy atom. The van der Waals surface area contributed by atoms with E-state index in [1.165, 1.54) is 48.7 Å². The van der Waals surface area contributed by atoms with Crippen LogP contribution in [0.1, 0.15) is 11.3 Å². The van der Waals surface area contributed by atoms with E-state index in [1.54, 1.807) is 18.2 Å². The molecule has 1 heterocycles. The average Bonchev–Trinajstić information content (AvgIpc) is 3.30. The zero-order valence-electron chi connectivity index (χ0n) is 16.3. The van der Waals surface area contributed by atoms with Crippen molar-refractivity contribution in [1.29, 1.82) is 5.26 Å². The fraction of sp³-hybridized carbons (Fsp3) is 0.0476. The third-order valence-electron chi connectivity index (χ3n) is 4.10. The molecule has 0 saturated carbocycles. The Balaban J connectivity index is 1.73. The van der Waals surface area contributed by atoms with Crippen molar-refractivity contribution in [3.05, 3.63) is 93.9 Å². The summed E-state index contributed by atoms with van der Waals surface area (Å²) in [5.74, 6) is -0.179. The molecule has 0 spiro atoms. The lowest BCUT2D eigenvalue weighted by molar-refractivity contribution is -0.387. The molecule has 162 valence electrons. The number of hydrogen-bond acceptors (Lipinski definition) is 8. The van der Waals surface area contributed by atoms with Crippen LogP contribution in [0.25, 0.3) is 6.08 Å². The number of furan rings is 1. The van der Waals surface area contributed by atoms with Crippen molar-refractivity contribution in [2.45, 2.75) is 11.4 Å². The van der Waals surface area contributed by atoms with Gasteiger partial charge in [-0.2, -0.15) is 13.7 Å². The Morgan fingerprint density at radius 2 is 1.88 bits per heavy atom. The number of nitro groups is 1. The molecule has 10 nitrogen and oxygen atoms in total. The summed E-state index contributed by atoms with van der Waals surface area (Å²) < 4.78 is 35.0. The zero-order chi connectivity index (χ0) is 23.1. The van der Waals surface area contributed by atoms with Gasteiger partial charge in [-0.15, -0.1) is 0 Å². The minimum Gasteiger partial charge on any atom is -0.467 e. The van der Waals surface area contributed by atoms with Crippen LogP contribution in [0.3, 0.4) is 0 Å². The minimum atomic E-state index is -4.45. The van der Waals surface area contributed by atoms with Gasteiger partial charge in [0.15, 0.2) is 4.90 Å². The van der Waals surface area contributed by atoms with E-state index < -0.39 is 31.5 Å². The topological polar surface area (TPSA) is 153 Å². The Morgan fingerprint density at radius 1 is 1.16 bits per heavy atom. The Bertz CT molecular complexity index is 1310. The summed E-state index contributed by atoms with van der Waals surface area (Å²) in [6, 6.07) is 15.4.